The van der Waals surface area contributed by atoms with Crippen LogP contribution in [0.2, 0.25) is 0 Å². The predicted molar refractivity (Wildman–Crippen MR) is 120 cm³/mol. The Kier molecular flexibility index (Phi) is 8.66. The second-order valence-corrected chi connectivity index (χ2v) is 7.93. The molecule has 0 spiro atoms. The van der Waals surface area contributed by atoms with E-state index in [1.807, 2.05) is 24.8 Å². The van der Waals surface area contributed by atoms with Gasteiger partial charge in [0, 0.05) is 25.2 Å². The molecule has 0 atom stereocenters. The Morgan fingerprint density at radius 1 is 0.971 bits per heavy atom. The van der Waals surface area contributed by atoms with E-state index < -0.39 is 18.5 Å². The summed E-state index contributed by atoms with van der Waals surface area (Å²) in [5.41, 5.74) is 0.661. The first-order chi connectivity index (χ1) is 16.2. The average Bonchev–Trinajstić information content (AvgIpc) is 3.17. The van der Waals surface area contributed by atoms with Crippen LogP contribution in [0.1, 0.15) is 43.6 Å². The zero-order chi connectivity index (χ0) is 24.7. The van der Waals surface area contributed by atoms with Crippen molar-refractivity contribution in [1.29, 1.82) is 0 Å². The zero-order valence-corrected chi connectivity index (χ0v) is 19.2. The molecule has 1 heterocycles. The van der Waals surface area contributed by atoms with Crippen molar-refractivity contribution in [2.45, 2.75) is 59.1 Å². The third-order valence-electron chi connectivity index (χ3n) is 5.48. The molecule has 0 radical (unpaired) electrons. The first-order valence-electron chi connectivity index (χ1n) is 11.2. The van der Waals surface area contributed by atoms with Gasteiger partial charge in [0.25, 0.3) is 0 Å². The molecule has 0 amide bonds. The van der Waals surface area contributed by atoms with Crippen LogP contribution in [0.4, 0.5) is 22.0 Å². The van der Waals surface area contributed by atoms with Crippen molar-refractivity contribution in [3.63, 3.8) is 0 Å². The van der Waals surface area contributed by atoms with Gasteiger partial charge in [-0.05, 0) is 30.7 Å². The van der Waals surface area contributed by atoms with E-state index in [4.69, 9.17) is 0 Å². The fourth-order valence-corrected chi connectivity index (χ4v) is 3.76. The number of benzene rings is 2. The number of nitrogens with zero attached hydrogens (tertiary/aromatic N) is 3. The van der Waals surface area contributed by atoms with Gasteiger partial charge in [-0.1, -0.05) is 62.7 Å². The molecule has 184 valence electrons. The summed E-state index contributed by atoms with van der Waals surface area (Å²) < 4.78 is 72.9. The molecule has 0 N–H and O–H groups in total. The molecule has 4 nitrogen and oxygen atoms in total. The molecular formula is C25H28F5N3O. The summed E-state index contributed by atoms with van der Waals surface area (Å²) in [6.45, 7) is 2.26. The summed E-state index contributed by atoms with van der Waals surface area (Å²) in [7, 11) is 0. The first-order valence-corrected chi connectivity index (χ1v) is 11.2. The Hall–Kier alpha value is -2.94. The lowest BCUT2D eigenvalue weighted by molar-refractivity contribution is -0.141. The number of imidazole rings is 1. The van der Waals surface area contributed by atoms with E-state index in [1.165, 1.54) is 12.1 Å². The van der Waals surface area contributed by atoms with Crippen LogP contribution in [0.15, 0.2) is 54.6 Å². The maximum Gasteiger partial charge on any atom is 0.435 e. The van der Waals surface area contributed by atoms with Gasteiger partial charge < -0.3 is 9.30 Å². The molecule has 2 aromatic carbocycles. The minimum absolute atomic E-state index is 0.0336. The standard InChI is InChI=1S/C25H28F5N3O/c1-3-5-15-33-21(22(25(28,29)30)31-23(33)19-9-7-6-8-10-19)17-32(4-2)16-18-11-13-20(14-12-18)34-24(26)27/h6-14,24H,3-5,15-17H2,1-2H3. The van der Waals surface area contributed by atoms with Gasteiger partial charge in [0.2, 0.25) is 0 Å². The van der Waals surface area contributed by atoms with Gasteiger partial charge in [0.15, 0.2) is 5.69 Å². The van der Waals surface area contributed by atoms with E-state index >= 15 is 0 Å². The highest BCUT2D eigenvalue weighted by molar-refractivity contribution is 5.57. The highest BCUT2D eigenvalue weighted by Gasteiger charge is 2.39. The minimum Gasteiger partial charge on any atom is -0.435 e. The fourth-order valence-electron chi connectivity index (χ4n) is 3.76. The van der Waals surface area contributed by atoms with Crippen LogP contribution in [-0.2, 0) is 25.8 Å². The van der Waals surface area contributed by atoms with Gasteiger partial charge in [-0.2, -0.15) is 22.0 Å². The van der Waals surface area contributed by atoms with Crippen molar-refractivity contribution in [3.05, 3.63) is 71.5 Å². The van der Waals surface area contributed by atoms with Crippen LogP contribution in [0, 0.1) is 0 Å². The van der Waals surface area contributed by atoms with E-state index in [0.717, 1.165) is 18.4 Å². The lowest BCUT2D eigenvalue weighted by Gasteiger charge is -2.23. The summed E-state index contributed by atoms with van der Waals surface area (Å²) in [6, 6.07) is 15.0. The normalized spacial score (nSPS) is 12.0. The van der Waals surface area contributed by atoms with E-state index in [9.17, 15) is 22.0 Å². The van der Waals surface area contributed by atoms with Crippen LogP contribution in [0.25, 0.3) is 11.4 Å². The number of rotatable bonds is 11. The van der Waals surface area contributed by atoms with Crippen molar-refractivity contribution in [3.8, 4) is 17.1 Å². The molecule has 3 rings (SSSR count). The largest absolute Gasteiger partial charge is 0.435 e. The number of unbranched alkanes of at least 4 members (excludes halogenated alkanes) is 1. The highest BCUT2D eigenvalue weighted by Crippen LogP contribution is 2.35. The lowest BCUT2D eigenvalue weighted by atomic mass is 10.2. The third kappa shape index (κ3) is 6.56. The average molecular weight is 482 g/mol. The van der Waals surface area contributed by atoms with Gasteiger partial charge in [0.05, 0.1) is 5.69 Å². The molecule has 1 aromatic heterocycles. The lowest BCUT2D eigenvalue weighted by Crippen LogP contribution is -2.26. The van der Waals surface area contributed by atoms with Gasteiger partial charge in [-0.3, -0.25) is 4.90 Å². The Balaban J connectivity index is 1.94. The van der Waals surface area contributed by atoms with Crippen molar-refractivity contribution in [2.24, 2.45) is 0 Å². The van der Waals surface area contributed by atoms with Crippen molar-refractivity contribution in [2.75, 3.05) is 6.54 Å². The van der Waals surface area contributed by atoms with Crippen molar-refractivity contribution < 1.29 is 26.7 Å². The Labute approximate surface area is 196 Å². The fraction of sp³-hybridized carbons (Fsp3) is 0.400. The summed E-state index contributed by atoms with van der Waals surface area (Å²) >= 11 is 0. The maximum atomic E-state index is 14.0. The molecular weight excluding hydrogens is 453 g/mol. The van der Waals surface area contributed by atoms with E-state index in [0.29, 0.717) is 31.0 Å². The SMILES string of the molecule is CCCCn1c(-c2ccccc2)nc(C(F)(F)F)c1CN(CC)Cc1ccc(OC(F)F)cc1. The second kappa shape index (κ2) is 11.5. The molecule has 0 aliphatic rings. The number of hydrogen-bond donors (Lipinski definition) is 0. The van der Waals surface area contributed by atoms with Crippen LogP contribution in [0.5, 0.6) is 5.75 Å². The summed E-state index contributed by atoms with van der Waals surface area (Å²) in [6.07, 6.45) is -3.04. The highest BCUT2D eigenvalue weighted by atomic mass is 19.4. The van der Waals surface area contributed by atoms with Crippen LogP contribution < -0.4 is 4.74 Å². The minimum atomic E-state index is -4.59. The second-order valence-electron chi connectivity index (χ2n) is 7.93. The maximum absolute atomic E-state index is 14.0. The molecule has 0 bridgehead atoms. The predicted octanol–water partition coefficient (Wildman–Crippen LogP) is 6.99. The molecule has 0 unspecified atom stereocenters. The Bertz CT molecular complexity index is 1030. The van der Waals surface area contributed by atoms with Crippen molar-refractivity contribution >= 4 is 0 Å². The molecule has 9 heteroatoms. The van der Waals surface area contributed by atoms with Crippen LogP contribution in [-0.4, -0.2) is 27.6 Å². The van der Waals surface area contributed by atoms with Gasteiger partial charge in [0.1, 0.15) is 11.6 Å². The van der Waals surface area contributed by atoms with Gasteiger partial charge >= 0.3 is 12.8 Å². The number of aromatic nitrogens is 2. The Morgan fingerprint density at radius 2 is 1.65 bits per heavy atom. The number of halogens is 5. The first kappa shape index (κ1) is 25.7. The zero-order valence-electron chi connectivity index (χ0n) is 19.2. The van der Waals surface area contributed by atoms with Crippen molar-refractivity contribution in [1.82, 2.24) is 14.5 Å². The number of ether oxygens (including phenoxy) is 1. The number of alkyl halides is 5. The van der Waals surface area contributed by atoms with Crippen LogP contribution in [0.3, 0.4) is 0 Å². The molecule has 0 aliphatic heterocycles. The van der Waals surface area contributed by atoms with Gasteiger partial charge in [-0.25, -0.2) is 4.98 Å². The molecule has 0 aliphatic carbocycles. The smallest absolute Gasteiger partial charge is 0.435 e. The Morgan fingerprint density at radius 3 is 2.21 bits per heavy atom. The number of hydrogen-bond acceptors (Lipinski definition) is 3. The van der Waals surface area contributed by atoms with E-state index in [-0.39, 0.29) is 18.0 Å². The summed E-state index contributed by atoms with van der Waals surface area (Å²) in [5.74, 6) is 0.340. The van der Waals surface area contributed by atoms with Gasteiger partial charge in [-0.15, -0.1) is 0 Å². The summed E-state index contributed by atoms with van der Waals surface area (Å²) in [4.78, 5) is 5.93. The molecule has 0 fully saturated rings. The molecule has 0 saturated heterocycles. The quantitative estimate of drug-likeness (QED) is 0.277. The third-order valence-corrected chi connectivity index (χ3v) is 5.48. The molecule has 0 saturated carbocycles. The monoisotopic (exact) mass is 481 g/mol. The summed E-state index contributed by atoms with van der Waals surface area (Å²) in [5, 5.41) is 0. The van der Waals surface area contributed by atoms with E-state index in [2.05, 4.69) is 9.72 Å². The molecule has 3 aromatic rings. The topological polar surface area (TPSA) is 30.3 Å². The van der Waals surface area contributed by atoms with Crippen LogP contribution >= 0.6 is 0 Å². The molecule has 34 heavy (non-hydrogen) atoms. The van der Waals surface area contributed by atoms with E-state index in [1.54, 1.807) is 41.0 Å².